The Morgan fingerprint density at radius 1 is 1.38 bits per heavy atom. The molecule has 1 aromatic rings. The molecule has 1 rings (SSSR count). The van der Waals surface area contributed by atoms with Crippen LogP contribution in [0.2, 0.25) is 0 Å². The number of aryl methyl sites for hydroxylation is 1. The van der Waals surface area contributed by atoms with Gasteiger partial charge in [0.15, 0.2) is 0 Å². The quantitative estimate of drug-likeness (QED) is 0.790. The fraction of sp³-hybridized carbons (Fsp3) is 0.467. The van der Waals surface area contributed by atoms with Crippen LogP contribution >= 0.6 is 0 Å². The maximum atomic E-state index is 11.7. The van der Waals surface area contributed by atoms with Crippen LogP contribution in [0, 0.1) is 6.92 Å². The maximum Gasteiger partial charge on any atom is 0.412 e. The van der Waals surface area contributed by atoms with Gasteiger partial charge in [-0.25, -0.2) is 4.79 Å². The van der Waals surface area contributed by atoms with Gasteiger partial charge in [-0.05, 0) is 51.3 Å². The first kappa shape index (κ1) is 17.0. The molecule has 6 nitrogen and oxygen atoms in total. The molecule has 0 saturated heterocycles. The summed E-state index contributed by atoms with van der Waals surface area (Å²) < 4.78 is 5.18. The van der Waals surface area contributed by atoms with Gasteiger partial charge in [-0.2, -0.15) is 0 Å². The molecular formula is C15H22N2O4. The number of aliphatic carboxylic acids is 1. The fourth-order valence-electron chi connectivity index (χ4n) is 1.75. The number of amides is 1. The van der Waals surface area contributed by atoms with Crippen molar-refractivity contribution in [2.75, 3.05) is 5.32 Å². The zero-order valence-electron chi connectivity index (χ0n) is 12.8. The summed E-state index contributed by atoms with van der Waals surface area (Å²) in [4.78, 5) is 22.4. The van der Waals surface area contributed by atoms with E-state index in [0.717, 1.165) is 11.1 Å². The number of benzene rings is 1. The van der Waals surface area contributed by atoms with Crippen LogP contribution < -0.4 is 11.1 Å². The van der Waals surface area contributed by atoms with Crippen LogP contribution in [0.25, 0.3) is 0 Å². The second-order valence-electron chi connectivity index (χ2n) is 5.93. The number of carboxylic acids is 1. The normalized spacial score (nSPS) is 12.6. The van der Waals surface area contributed by atoms with E-state index < -0.39 is 23.7 Å². The van der Waals surface area contributed by atoms with Crippen LogP contribution in [-0.4, -0.2) is 28.8 Å². The molecule has 0 unspecified atom stereocenters. The summed E-state index contributed by atoms with van der Waals surface area (Å²) in [6, 6.07) is 4.32. The monoisotopic (exact) mass is 294 g/mol. The molecule has 116 valence electrons. The van der Waals surface area contributed by atoms with Crippen molar-refractivity contribution in [3.8, 4) is 0 Å². The first-order chi connectivity index (χ1) is 9.58. The van der Waals surface area contributed by atoms with Crippen LogP contribution in [-0.2, 0) is 16.0 Å². The Hall–Kier alpha value is -2.08. The highest BCUT2D eigenvalue weighted by molar-refractivity contribution is 5.86. The van der Waals surface area contributed by atoms with Crippen LogP contribution in [0.15, 0.2) is 18.2 Å². The molecule has 1 amide bonds. The molecule has 0 radical (unpaired) electrons. The lowest BCUT2D eigenvalue weighted by Crippen LogP contribution is -2.32. The summed E-state index contributed by atoms with van der Waals surface area (Å²) in [6.45, 7) is 7.18. The molecule has 4 N–H and O–H groups in total. The lowest BCUT2D eigenvalue weighted by molar-refractivity contribution is -0.138. The second kappa shape index (κ2) is 6.58. The highest BCUT2D eigenvalue weighted by Crippen LogP contribution is 2.19. The van der Waals surface area contributed by atoms with E-state index in [1.54, 1.807) is 39.0 Å². The standard InChI is InChI=1S/C15H22N2O4/c1-9-7-10(8-11(16)13(18)19)5-6-12(9)17-14(20)21-15(2,3)4/h5-7,11H,8,16H2,1-4H3,(H,17,20)(H,18,19)/t11-/m0/s1. The van der Waals surface area contributed by atoms with Crippen LogP contribution in [0.5, 0.6) is 0 Å². The van der Waals surface area contributed by atoms with E-state index in [-0.39, 0.29) is 6.42 Å². The van der Waals surface area contributed by atoms with Gasteiger partial charge in [-0.1, -0.05) is 12.1 Å². The lowest BCUT2D eigenvalue weighted by Gasteiger charge is -2.20. The van der Waals surface area contributed by atoms with E-state index in [9.17, 15) is 9.59 Å². The van der Waals surface area contributed by atoms with Crippen molar-refractivity contribution in [2.24, 2.45) is 5.73 Å². The van der Waals surface area contributed by atoms with Gasteiger partial charge in [0.05, 0.1) is 0 Å². The summed E-state index contributed by atoms with van der Waals surface area (Å²) in [5.74, 6) is -1.04. The predicted octanol–water partition coefficient (Wildman–Crippen LogP) is 2.30. The Kier molecular flexibility index (Phi) is 5.32. The lowest BCUT2D eigenvalue weighted by atomic mass is 10.0. The fourth-order valence-corrected chi connectivity index (χ4v) is 1.75. The first-order valence-electron chi connectivity index (χ1n) is 6.66. The van der Waals surface area contributed by atoms with E-state index in [0.29, 0.717) is 5.69 Å². The predicted molar refractivity (Wildman–Crippen MR) is 80.4 cm³/mol. The number of carbonyl (C=O) groups is 2. The minimum absolute atomic E-state index is 0.239. The SMILES string of the molecule is Cc1cc(C[C@H](N)C(=O)O)ccc1NC(=O)OC(C)(C)C. The largest absolute Gasteiger partial charge is 0.480 e. The third-order valence-corrected chi connectivity index (χ3v) is 2.70. The molecule has 0 aromatic heterocycles. The number of nitrogens with one attached hydrogen (secondary N) is 1. The summed E-state index contributed by atoms with van der Waals surface area (Å²) in [7, 11) is 0. The van der Waals surface area contributed by atoms with Gasteiger partial charge in [0.2, 0.25) is 0 Å². The molecule has 6 heteroatoms. The molecule has 21 heavy (non-hydrogen) atoms. The van der Waals surface area contributed by atoms with Crippen molar-refractivity contribution >= 4 is 17.7 Å². The Bertz CT molecular complexity index is 535. The van der Waals surface area contributed by atoms with Crippen molar-refractivity contribution in [1.29, 1.82) is 0 Å². The van der Waals surface area contributed by atoms with Crippen molar-refractivity contribution in [3.05, 3.63) is 29.3 Å². The second-order valence-corrected chi connectivity index (χ2v) is 5.93. The zero-order chi connectivity index (χ0) is 16.2. The van der Waals surface area contributed by atoms with Gasteiger partial charge in [0.25, 0.3) is 0 Å². The number of rotatable bonds is 4. The summed E-state index contributed by atoms with van der Waals surface area (Å²) in [5, 5.41) is 11.5. The molecule has 0 aliphatic carbocycles. The Morgan fingerprint density at radius 3 is 2.48 bits per heavy atom. The van der Waals surface area contributed by atoms with Gasteiger partial charge in [-0.3, -0.25) is 10.1 Å². The number of ether oxygens (including phenoxy) is 1. The molecule has 1 atom stereocenters. The van der Waals surface area contributed by atoms with Crippen molar-refractivity contribution < 1.29 is 19.4 Å². The minimum atomic E-state index is -1.04. The van der Waals surface area contributed by atoms with E-state index in [2.05, 4.69) is 5.32 Å². The topological polar surface area (TPSA) is 102 Å². The van der Waals surface area contributed by atoms with E-state index in [1.807, 2.05) is 6.92 Å². The zero-order valence-corrected chi connectivity index (χ0v) is 12.8. The molecule has 0 bridgehead atoms. The van der Waals surface area contributed by atoms with Crippen molar-refractivity contribution in [1.82, 2.24) is 0 Å². The van der Waals surface area contributed by atoms with E-state index in [1.165, 1.54) is 0 Å². The van der Waals surface area contributed by atoms with Gasteiger partial charge in [-0.15, -0.1) is 0 Å². The number of hydrogen-bond donors (Lipinski definition) is 3. The average Bonchev–Trinajstić information content (AvgIpc) is 2.30. The molecular weight excluding hydrogens is 272 g/mol. The Labute approximate surface area is 124 Å². The number of carboxylic acid groups (broad SMARTS) is 1. The van der Waals surface area contributed by atoms with Gasteiger partial charge >= 0.3 is 12.1 Å². The number of nitrogens with two attached hydrogens (primary N) is 1. The average molecular weight is 294 g/mol. The van der Waals surface area contributed by atoms with Crippen molar-refractivity contribution in [2.45, 2.75) is 45.8 Å². The van der Waals surface area contributed by atoms with Gasteiger partial charge in [0, 0.05) is 5.69 Å². The summed E-state index contributed by atoms with van der Waals surface area (Å²) >= 11 is 0. The highest BCUT2D eigenvalue weighted by Gasteiger charge is 2.17. The molecule has 1 aromatic carbocycles. The number of anilines is 1. The molecule has 0 heterocycles. The molecule has 0 aliphatic rings. The maximum absolute atomic E-state index is 11.7. The number of hydrogen-bond acceptors (Lipinski definition) is 4. The van der Waals surface area contributed by atoms with Gasteiger partial charge in [0.1, 0.15) is 11.6 Å². The van der Waals surface area contributed by atoms with Crippen LogP contribution in [0.4, 0.5) is 10.5 Å². The highest BCUT2D eigenvalue weighted by atomic mass is 16.6. The minimum Gasteiger partial charge on any atom is -0.480 e. The third kappa shape index (κ3) is 5.83. The van der Waals surface area contributed by atoms with Crippen molar-refractivity contribution in [3.63, 3.8) is 0 Å². The molecule has 0 aliphatic heterocycles. The first-order valence-corrected chi connectivity index (χ1v) is 6.66. The van der Waals surface area contributed by atoms with Gasteiger partial charge < -0.3 is 15.6 Å². The van der Waals surface area contributed by atoms with Crippen LogP contribution in [0.1, 0.15) is 31.9 Å². The molecule has 0 spiro atoms. The summed E-state index contributed by atoms with van der Waals surface area (Å²) in [6.07, 6.45) is -0.288. The Morgan fingerprint density at radius 2 is 2.00 bits per heavy atom. The number of carbonyl (C=O) groups excluding carboxylic acids is 1. The van der Waals surface area contributed by atoms with Crippen LogP contribution in [0.3, 0.4) is 0 Å². The Balaban J connectivity index is 2.75. The van der Waals surface area contributed by atoms with E-state index in [4.69, 9.17) is 15.6 Å². The third-order valence-electron chi connectivity index (χ3n) is 2.70. The summed E-state index contributed by atoms with van der Waals surface area (Å²) in [5.41, 5.74) is 7.17. The molecule has 0 fully saturated rings. The molecule has 0 saturated carbocycles. The smallest absolute Gasteiger partial charge is 0.412 e. The van der Waals surface area contributed by atoms with E-state index >= 15 is 0 Å².